The zero-order valence-corrected chi connectivity index (χ0v) is 17.8. The minimum atomic E-state index is -0.245. The number of hydrogen-bond acceptors (Lipinski definition) is 6. The Hall–Kier alpha value is -2.32. The van der Waals surface area contributed by atoms with E-state index in [0.29, 0.717) is 18.8 Å². The molecule has 0 aliphatic carbocycles. The summed E-state index contributed by atoms with van der Waals surface area (Å²) in [4.78, 5) is 27.5. The highest BCUT2D eigenvalue weighted by Gasteiger charge is 2.32. The van der Waals surface area contributed by atoms with Crippen LogP contribution in [0.1, 0.15) is 29.8 Å². The third-order valence-corrected chi connectivity index (χ3v) is 6.58. The number of nitrogens with zero attached hydrogens (tertiary/aromatic N) is 3. The second kappa shape index (κ2) is 10.1. The largest absolute Gasteiger partial charge is 0.492 e. The number of thioether (sulfide) groups is 1. The van der Waals surface area contributed by atoms with Crippen LogP contribution < -0.4 is 10.3 Å². The number of hydrogen-bond donors (Lipinski definition) is 0. The van der Waals surface area contributed by atoms with Crippen LogP contribution in [0.25, 0.3) is 0 Å². The normalized spacial score (nSPS) is 20.9. The van der Waals surface area contributed by atoms with Crippen LogP contribution in [-0.4, -0.2) is 64.0 Å². The molecule has 1 aromatic heterocycles. The molecule has 2 unspecified atom stereocenters. The van der Waals surface area contributed by atoms with Gasteiger partial charge in [0.15, 0.2) is 0 Å². The molecule has 2 aromatic rings. The molecular weight excluding hydrogens is 402 g/mol. The van der Waals surface area contributed by atoms with Crippen LogP contribution in [0, 0.1) is 0 Å². The fourth-order valence-corrected chi connectivity index (χ4v) is 5.03. The number of benzene rings is 1. The van der Waals surface area contributed by atoms with Crippen LogP contribution in [0.5, 0.6) is 5.75 Å². The number of ether oxygens (including phenoxy) is 2. The summed E-state index contributed by atoms with van der Waals surface area (Å²) in [6.07, 6.45) is 3.09. The third kappa shape index (κ3) is 5.23. The van der Waals surface area contributed by atoms with Gasteiger partial charge >= 0.3 is 0 Å². The van der Waals surface area contributed by atoms with Gasteiger partial charge in [-0.15, -0.1) is 0 Å². The summed E-state index contributed by atoms with van der Waals surface area (Å²) in [5.41, 5.74) is 0.0505. The summed E-state index contributed by atoms with van der Waals surface area (Å²) >= 11 is 1.87. The molecule has 7 nitrogen and oxygen atoms in total. The number of carbonyl (C=O) groups excluding carboxylic acids is 1. The summed E-state index contributed by atoms with van der Waals surface area (Å²) in [5, 5.41) is 4.36. The molecule has 2 aliphatic heterocycles. The molecule has 8 heteroatoms. The second-order valence-electron chi connectivity index (χ2n) is 7.55. The summed E-state index contributed by atoms with van der Waals surface area (Å²) < 4.78 is 12.8. The molecule has 4 rings (SSSR count). The van der Waals surface area contributed by atoms with E-state index >= 15 is 0 Å². The van der Waals surface area contributed by atoms with E-state index in [-0.39, 0.29) is 30.2 Å². The number of aromatic nitrogens is 2. The van der Waals surface area contributed by atoms with E-state index < -0.39 is 0 Å². The molecule has 3 heterocycles. The number of carbonyl (C=O) groups is 1. The molecule has 160 valence electrons. The summed E-state index contributed by atoms with van der Waals surface area (Å²) in [5.74, 6) is 2.60. The first-order chi connectivity index (χ1) is 14.7. The van der Waals surface area contributed by atoms with Crippen LogP contribution in [0.4, 0.5) is 0 Å². The molecule has 0 spiro atoms. The third-order valence-electron chi connectivity index (χ3n) is 5.43. The highest BCUT2D eigenvalue weighted by Crippen LogP contribution is 2.25. The van der Waals surface area contributed by atoms with E-state index in [4.69, 9.17) is 9.47 Å². The molecule has 0 radical (unpaired) electrons. The van der Waals surface area contributed by atoms with Crippen molar-refractivity contribution in [2.75, 3.05) is 31.3 Å². The van der Waals surface area contributed by atoms with Gasteiger partial charge < -0.3 is 14.4 Å². The fourth-order valence-electron chi connectivity index (χ4n) is 3.81. The van der Waals surface area contributed by atoms with Crippen molar-refractivity contribution in [2.24, 2.45) is 0 Å². The number of rotatable bonds is 8. The van der Waals surface area contributed by atoms with Crippen LogP contribution in [0.2, 0.25) is 0 Å². The zero-order chi connectivity index (χ0) is 20.8. The van der Waals surface area contributed by atoms with Gasteiger partial charge in [0.25, 0.3) is 11.5 Å². The highest BCUT2D eigenvalue weighted by atomic mass is 32.2. The molecule has 0 saturated carbocycles. The number of amides is 1. The Labute approximate surface area is 180 Å². The predicted octanol–water partition coefficient (Wildman–Crippen LogP) is 2.45. The van der Waals surface area contributed by atoms with E-state index in [1.165, 1.54) is 16.8 Å². The Morgan fingerprint density at radius 2 is 2.10 bits per heavy atom. The maximum Gasteiger partial charge on any atom is 0.274 e. The Kier molecular flexibility index (Phi) is 7.07. The summed E-state index contributed by atoms with van der Waals surface area (Å²) in [6, 6.07) is 12.6. The Morgan fingerprint density at radius 1 is 1.23 bits per heavy atom. The average Bonchev–Trinajstić information content (AvgIpc) is 3.48. The molecule has 0 N–H and O–H groups in total. The van der Waals surface area contributed by atoms with Gasteiger partial charge in [0, 0.05) is 31.0 Å². The highest BCUT2D eigenvalue weighted by molar-refractivity contribution is 7.99. The van der Waals surface area contributed by atoms with Crippen LogP contribution in [0.15, 0.2) is 47.3 Å². The molecular formula is C22H27N3O4S. The standard InChI is InChI=1S/C22H27N3O4S/c26-21-9-8-20(23-25(21)11-13-29-18-5-2-1-3-6-18)22(27)24(17-10-14-30-16-17)15-19-7-4-12-28-19/h1-3,5-6,8-9,17,19H,4,7,10-16H2. The molecule has 30 heavy (non-hydrogen) atoms. The van der Waals surface area contributed by atoms with Crippen molar-refractivity contribution in [3.8, 4) is 5.75 Å². The van der Waals surface area contributed by atoms with Gasteiger partial charge in [-0.25, -0.2) is 4.68 Å². The van der Waals surface area contributed by atoms with Crippen molar-refractivity contribution in [3.05, 3.63) is 58.5 Å². The van der Waals surface area contributed by atoms with Gasteiger partial charge in [-0.05, 0) is 43.2 Å². The molecule has 2 atom stereocenters. The van der Waals surface area contributed by atoms with Crippen molar-refractivity contribution in [2.45, 2.75) is 38.0 Å². The lowest BCUT2D eigenvalue weighted by Gasteiger charge is -2.30. The Balaban J connectivity index is 1.46. The maximum absolute atomic E-state index is 13.3. The van der Waals surface area contributed by atoms with Crippen molar-refractivity contribution >= 4 is 17.7 Å². The van der Waals surface area contributed by atoms with Gasteiger partial charge in [0.05, 0.1) is 12.6 Å². The summed E-state index contributed by atoms with van der Waals surface area (Å²) in [7, 11) is 0. The molecule has 2 saturated heterocycles. The molecule has 2 aliphatic rings. The van der Waals surface area contributed by atoms with Crippen LogP contribution in [-0.2, 0) is 11.3 Å². The monoisotopic (exact) mass is 429 g/mol. The molecule has 1 aromatic carbocycles. The van der Waals surface area contributed by atoms with Crippen LogP contribution in [0.3, 0.4) is 0 Å². The summed E-state index contributed by atoms with van der Waals surface area (Å²) in [6.45, 7) is 1.92. The smallest absolute Gasteiger partial charge is 0.274 e. The topological polar surface area (TPSA) is 73.7 Å². The average molecular weight is 430 g/mol. The van der Waals surface area contributed by atoms with E-state index in [9.17, 15) is 9.59 Å². The number of para-hydroxylation sites is 1. The molecule has 0 bridgehead atoms. The van der Waals surface area contributed by atoms with Gasteiger partial charge in [-0.3, -0.25) is 9.59 Å². The fraction of sp³-hybridized carbons (Fsp3) is 0.500. The second-order valence-corrected chi connectivity index (χ2v) is 8.70. The first-order valence-corrected chi connectivity index (χ1v) is 11.6. The zero-order valence-electron chi connectivity index (χ0n) is 16.9. The van der Waals surface area contributed by atoms with E-state index in [0.717, 1.165) is 43.1 Å². The van der Waals surface area contributed by atoms with Gasteiger partial charge in [-0.2, -0.15) is 16.9 Å². The Morgan fingerprint density at radius 3 is 2.83 bits per heavy atom. The van der Waals surface area contributed by atoms with E-state index in [1.54, 1.807) is 0 Å². The minimum Gasteiger partial charge on any atom is -0.492 e. The lowest BCUT2D eigenvalue weighted by Crippen LogP contribution is -2.45. The van der Waals surface area contributed by atoms with Gasteiger partial charge in [0.1, 0.15) is 18.1 Å². The lowest BCUT2D eigenvalue weighted by molar-refractivity contribution is 0.0435. The van der Waals surface area contributed by atoms with Crippen molar-refractivity contribution in [1.29, 1.82) is 0 Å². The van der Waals surface area contributed by atoms with Crippen molar-refractivity contribution < 1.29 is 14.3 Å². The maximum atomic E-state index is 13.3. The quantitative estimate of drug-likeness (QED) is 0.642. The first-order valence-electron chi connectivity index (χ1n) is 10.5. The van der Waals surface area contributed by atoms with Gasteiger partial charge in [-0.1, -0.05) is 18.2 Å². The van der Waals surface area contributed by atoms with Crippen LogP contribution >= 0.6 is 11.8 Å². The van der Waals surface area contributed by atoms with E-state index in [1.807, 2.05) is 47.0 Å². The minimum absolute atomic E-state index is 0.0877. The molecule has 1 amide bonds. The SMILES string of the molecule is O=C(c1ccc(=O)n(CCOc2ccccc2)n1)N(CC1CCCO1)C1CCSC1. The van der Waals surface area contributed by atoms with Gasteiger partial charge in [0.2, 0.25) is 0 Å². The molecule has 2 fully saturated rings. The van der Waals surface area contributed by atoms with Crippen molar-refractivity contribution in [1.82, 2.24) is 14.7 Å². The Bertz CT molecular complexity index is 893. The lowest BCUT2D eigenvalue weighted by atomic mass is 10.1. The predicted molar refractivity (Wildman–Crippen MR) is 116 cm³/mol. The first kappa shape index (κ1) is 20.9. The van der Waals surface area contributed by atoms with E-state index in [2.05, 4.69) is 5.10 Å². The van der Waals surface area contributed by atoms with Crippen molar-refractivity contribution in [3.63, 3.8) is 0 Å².